The van der Waals surface area contributed by atoms with Gasteiger partial charge in [-0.2, -0.15) is 4.31 Å². The lowest BCUT2D eigenvalue weighted by Crippen LogP contribution is -2.61. The number of ketones is 3. The lowest BCUT2D eigenvalue weighted by molar-refractivity contribution is -0.144. The summed E-state index contributed by atoms with van der Waals surface area (Å²) in [5.41, 5.74) is -1.23. The van der Waals surface area contributed by atoms with E-state index in [9.17, 15) is 32.4 Å². The second kappa shape index (κ2) is 14.9. The minimum atomic E-state index is -3.67. The van der Waals surface area contributed by atoms with Crippen LogP contribution in [0.2, 0.25) is 0 Å². The van der Waals surface area contributed by atoms with Gasteiger partial charge in [0.25, 0.3) is 0 Å². The Balaban J connectivity index is 1.17. The van der Waals surface area contributed by atoms with Gasteiger partial charge >= 0.3 is 6.03 Å². The highest BCUT2D eigenvalue weighted by Crippen LogP contribution is 2.45. The molecule has 6 atom stereocenters. The molecule has 13 heteroatoms. The molecule has 0 bridgehead atoms. The lowest BCUT2D eigenvalue weighted by atomic mass is 9.75. The number of likely N-dealkylation sites (tertiary alicyclic amines) is 1. The highest BCUT2D eigenvalue weighted by atomic mass is 32.2. The molecule has 0 aromatic carbocycles. The first kappa shape index (κ1) is 39.1. The van der Waals surface area contributed by atoms with Gasteiger partial charge in [-0.25, -0.2) is 13.2 Å². The maximum absolute atomic E-state index is 14.6. The average Bonchev–Trinajstić information content (AvgIpc) is 3.33. The third-order valence-electron chi connectivity index (χ3n) is 12.4. The molecule has 4 fully saturated rings. The van der Waals surface area contributed by atoms with Gasteiger partial charge in [0.2, 0.25) is 21.7 Å². The molecule has 0 spiro atoms. The molecule has 288 valence electrons. The van der Waals surface area contributed by atoms with E-state index in [1.165, 1.54) is 15.6 Å². The van der Waals surface area contributed by atoms with Crippen molar-refractivity contribution in [1.82, 2.24) is 19.8 Å². The number of hydrogen-bond acceptors (Lipinski definition) is 8. The number of amides is 3. The summed E-state index contributed by atoms with van der Waals surface area (Å²) < 4.78 is 27.9. The molecule has 2 aliphatic heterocycles. The number of sulfonamides is 1. The number of nitrogens with zero attached hydrogens (tertiary/aromatic N) is 2. The number of urea groups is 1. The van der Waals surface area contributed by atoms with Gasteiger partial charge in [-0.1, -0.05) is 67.2 Å². The van der Waals surface area contributed by atoms with E-state index in [0.717, 1.165) is 56.2 Å². The number of Topliss-reactive ketones (excluding diaryl/α,β-unsaturated/α-hetero) is 3. The van der Waals surface area contributed by atoms with Crippen LogP contribution in [0.4, 0.5) is 4.79 Å². The quantitative estimate of drug-likeness (QED) is 0.231. The van der Waals surface area contributed by atoms with Gasteiger partial charge in [0.1, 0.15) is 6.04 Å². The summed E-state index contributed by atoms with van der Waals surface area (Å²) in [6.07, 6.45) is 8.56. The van der Waals surface area contributed by atoms with Crippen molar-refractivity contribution in [1.29, 1.82) is 0 Å². The van der Waals surface area contributed by atoms with Gasteiger partial charge in [0.05, 0.1) is 10.9 Å². The fraction of sp³-hybridized carbons (Fsp3) is 0.769. The number of rotatable bonds is 14. The van der Waals surface area contributed by atoms with Gasteiger partial charge in [0.15, 0.2) is 11.6 Å². The average molecular weight is 759 g/mol. The topological polar surface area (TPSA) is 150 Å². The van der Waals surface area contributed by atoms with Crippen molar-refractivity contribution in [2.75, 3.05) is 13.1 Å². The van der Waals surface area contributed by atoms with Crippen molar-refractivity contribution in [3.8, 4) is 0 Å². The summed E-state index contributed by atoms with van der Waals surface area (Å²) in [5.74, 6) is -1.10. The molecule has 1 unspecified atom stereocenters. The Labute approximate surface area is 313 Å². The van der Waals surface area contributed by atoms with E-state index in [1.807, 2.05) is 41.5 Å². The van der Waals surface area contributed by atoms with Crippen molar-refractivity contribution in [3.63, 3.8) is 0 Å². The third-order valence-corrected chi connectivity index (χ3v) is 15.3. The minimum absolute atomic E-state index is 0.0107. The van der Waals surface area contributed by atoms with Gasteiger partial charge in [-0.15, -0.1) is 11.3 Å². The Morgan fingerprint density at radius 1 is 0.904 bits per heavy atom. The van der Waals surface area contributed by atoms with Crippen molar-refractivity contribution in [3.05, 3.63) is 16.3 Å². The van der Waals surface area contributed by atoms with E-state index in [-0.39, 0.29) is 55.2 Å². The summed E-state index contributed by atoms with van der Waals surface area (Å²) in [5, 5.41) is 7.71. The SMILES string of the molecule is CC(C)(C)[C@H](NC(=O)N[C@H](CN1Cc2sccc2S1(=O)=O)C(C)(C)C)C(=O)N1C[C@@H]2CCC[C@@H]2[C@H]1C(=O)CC(CC1CCC1)C(=O)C(=O)CC1CC1. The lowest BCUT2D eigenvalue weighted by Gasteiger charge is -2.38. The first-order chi connectivity index (χ1) is 24.3. The van der Waals surface area contributed by atoms with Crippen LogP contribution < -0.4 is 10.6 Å². The van der Waals surface area contributed by atoms with Crippen LogP contribution >= 0.6 is 11.3 Å². The Morgan fingerprint density at radius 2 is 1.60 bits per heavy atom. The molecule has 3 amide bonds. The highest BCUT2D eigenvalue weighted by molar-refractivity contribution is 7.89. The molecule has 2 N–H and O–H groups in total. The van der Waals surface area contributed by atoms with Crippen molar-refractivity contribution >= 4 is 50.6 Å². The van der Waals surface area contributed by atoms with Gasteiger partial charge in [-0.3, -0.25) is 19.2 Å². The molecule has 0 radical (unpaired) electrons. The van der Waals surface area contributed by atoms with Crippen molar-refractivity contribution < 1.29 is 32.4 Å². The second-order valence-electron chi connectivity index (χ2n) is 18.5. The normalized spacial score (nSPS) is 26.2. The zero-order valence-corrected chi connectivity index (χ0v) is 33.4. The smallest absolute Gasteiger partial charge is 0.315 e. The third kappa shape index (κ3) is 8.36. The summed E-state index contributed by atoms with van der Waals surface area (Å²) >= 11 is 1.40. The number of hydrogen-bond donors (Lipinski definition) is 2. The molecule has 6 rings (SSSR count). The standard InChI is InChI=1S/C39H58N4O7S2/c1-38(2,3)32(22-42-21-30-31(15-16-51-30)52(42,49)50)40-37(48)41-35(39(4,5)6)36(47)43-20-25-11-8-12-27(25)33(43)28(44)19-26(17-23-9-7-10-23)34(46)29(45)18-24-13-14-24/h15-16,23-27,32-33,35H,7-14,17-22H2,1-6H3,(H2,40,41,48)/t25-,26?,27-,32+,33-,35+/m0/s1. The number of carbonyl (C=O) groups excluding carboxylic acids is 5. The van der Waals surface area contributed by atoms with Crippen LogP contribution in [0, 0.1) is 40.4 Å². The largest absolute Gasteiger partial charge is 0.334 e. The fourth-order valence-corrected chi connectivity index (χ4v) is 11.7. The van der Waals surface area contributed by atoms with Crippen LogP contribution in [-0.2, 0) is 35.7 Å². The molecule has 5 aliphatic rings. The summed E-state index contributed by atoms with van der Waals surface area (Å²) in [6.45, 7) is 12.2. The van der Waals surface area contributed by atoms with Crippen molar-refractivity contribution in [2.45, 2.75) is 142 Å². The summed E-state index contributed by atoms with van der Waals surface area (Å²) in [6, 6.07) is -1.21. The Bertz CT molecular complexity index is 1670. The molecule has 3 heterocycles. The molecule has 3 saturated carbocycles. The van der Waals surface area contributed by atoms with Crippen LogP contribution in [0.3, 0.4) is 0 Å². The van der Waals surface area contributed by atoms with Gasteiger partial charge in [0, 0.05) is 49.3 Å². The highest BCUT2D eigenvalue weighted by Gasteiger charge is 2.52. The van der Waals surface area contributed by atoms with Crippen LogP contribution in [0.5, 0.6) is 0 Å². The Hall–Kier alpha value is -2.64. The van der Waals surface area contributed by atoms with E-state index < -0.39 is 56.7 Å². The van der Waals surface area contributed by atoms with Crippen molar-refractivity contribution in [2.24, 2.45) is 40.4 Å². The Morgan fingerprint density at radius 3 is 2.19 bits per heavy atom. The molecule has 1 aromatic heterocycles. The number of carbonyl (C=O) groups is 5. The Kier molecular flexibility index (Phi) is 11.2. The van der Waals surface area contributed by atoms with Gasteiger partial charge in [-0.05, 0) is 78.1 Å². The molecule has 52 heavy (non-hydrogen) atoms. The van der Waals surface area contributed by atoms with E-state index in [1.54, 1.807) is 16.3 Å². The maximum Gasteiger partial charge on any atom is 0.315 e. The minimum Gasteiger partial charge on any atom is -0.334 e. The molecule has 1 aromatic rings. The zero-order chi connectivity index (χ0) is 37.7. The van der Waals surface area contributed by atoms with E-state index >= 15 is 0 Å². The van der Waals surface area contributed by atoms with Crippen LogP contribution in [0.1, 0.15) is 117 Å². The van der Waals surface area contributed by atoms with E-state index in [0.29, 0.717) is 29.7 Å². The number of nitrogens with one attached hydrogen (secondary N) is 2. The summed E-state index contributed by atoms with van der Waals surface area (Å²) in [4.78, 5) is 72.1. The predicted octanol–water partition coefficient (Wildman–Crippen LogP) is 5.71. The first-order valence-corrected chi connectivity index (χ1v) is 21.7. The molecule has 1 saturated heterocycles. The molecular formula is C39H58N4O7S2. The predicted molar refractivity (Wildman–Crippen MR) is 199 cm³/mol. The first-order valence-electron chi connectivity index (χ1n) is 19.4. The molecule has 3 aliphatic carbocycles. The van der Waals surface area contributed by atoms with Crippen LogP contribution in [0.25, 0.3) is 0 Å². The zero-order valence-electron chi connectivity index (χ0n) is 31.7. The number of thiophene rings is 1. The fourth-order valence-electron chi connectivity index (χ4n) is 8.74. The maximum atomic E-state index is 14.6. The molecular weight excluding hydrogens is 701 g/mol. The van der Waals surface area contributed by atoms with Crippen LogP contribution in [-0.4, -0.2) is 78.1 Å². The number of fused-ring (bicyclic) bond motifs is 2. The van der Waals surface area contributed by atoms with Crippen LogP contribution in [0.15, 0.2) is 16.3 Å². The van der Waals surface area contributed by atoms with E-state index in [4.69, 9.17) is 0 Å². The molecule has 11 nitrogen and oxygen atoms in total. The van der Waals surface area contributed by atoms with E-state index in [2.05, 4.69) is 10.6 Å². The monoisotopic (exact) mass is 758 g/mol. The van der Waals surface area contributed by atoms with Gasteiger partial charge < -0.3 is 15.5 Å². The summed E-state index contributed by atoms with van der Waals surface area (Å²) in [7, 11) is -3.67. The second-order valence-corrected chi connectivity index (χ2v) is 21.4.